The van der Waals surface area contributed by atoms with Crippen molar-refractivity contribution in [1.82, 2.24) is 0 Å². The number of nitrogens with one attached hydrogen (secondary N) is 1. The van der Waals surface area contributed by atoms with Crippen molar-refractivity contribution >= 4 is 33.5 Å². The zero-order valence-electron chi connectivity index (χ0n) is 13.9. The molecule has 0 bridgehead atoms. The lowest BCUT2D eigenvalue weighted by atomic mass is 10.2. The Kier molecular flexibility index (Phi) is 6.76. The fourth-order valence-corrected chi connectivity index (χ4v) is 2.64. The second-order valence-electron chi connectivity index (χ2n) is 5.03. The maximum absolute atomic E-state index is 11.0. The number of nitro groups is 1. The molecule has 0 aliphatic rings. The smallest absolute Gasteiger partial charge is 0.294 e. The molecule has 2 aromatic rings. The molecule has 0 atom stereocenters. The van der Waals surface area contributed by atoms with Crippen LogP contribution in [-0.4, -0.2) is 24.9 Å². The molecule has 7 nitrogen and oxygen atoms in total. The Morgan fingerprint density at radius 1 is 1.36 bits per heavy atom. The number of para-hydroxylation sites is 2. The van der Waals surface area contributed by atoms with Crippen LogP contribution in [0.25, 0.3) is 0 Å². The Bertz CT molecular complexity index is 780. The van der Waals surface area contributed by atoms with Gasteiger partial charge in [-0.05, 0) is 46.1 Å². The molecule has 0 aliphatic heterocycles. The van der Waals surface area contributed by atoms with E-state index in [9.17, 15) is 10.1 Å². The van der Waals surface area contributed by atoms with Crippen LogP contribution in [0.4, 0.5) is 11.4 Å². The molecule has 2 rings (SSSR count). The van der Waals surface area contributed by atoms with Crippen molar-refractivity contribution in [2.45, 2.75) is 13.3 Å². The van der Waals surface area contributed by atoms with Crippen LogP contribution in [-0.2, 0) is 0 Å². The molecule has 0 radical (unpaired) electrons. The quantitative estimate of drug-likeness (QED) is 0.392. The van der Waals surface area contributed by atoms with Crippen LogP contribution in [0.15, 0.2) is 46.0 Å². The molecular weight excluding hydrogens is 390 g/mol. The monoisotopic (exact) mass is 407 g/mol. The maximum atomic E-state index is 11.0. The van der Waals surface area contributed by atoms with E-state index in [4.69, 9.17) is 9.47 Å². The van der Waals surface area contributed by atoms with Crippen LogP contribution in [0, 0.1) is 10.1 Å². The van der Waals surface area contributed by atoms with Crippen LogP contribution in [0.1, 0.15) is 18.9 Å². The largest absolute Gasteiger partial charge is 0.493 e. The predicted octanol–water partition coefficient (Wildman–Crippen LogP) is 4.60. The number of methoxy groups -OCH3 is 1. The third-order valence-electron chi connectivity index (χ3n) is 3.20. The highest BCUT2D eigenvalue weighted by Crippen LogP contribution is 2.36. The van der Waals surface area contributed by atoms with Gasteiger partial charge in [-0.1, -0.05) is 19.1 Å². The van der Waals surface area contributed by atoms with E-state index in [1.807, 2.05) is 13.0 Å². The molecule has 2 aromatic carbocycles. The van der Waals surface area contributed by atoms with Crippen LogP contribution < -0.4 is 14.9 Å². The molecule has 8 heteroatoms. The maximum Gasteiger partial charge on any atom is 0.294 e. The van der Waals surface area contributed by atoms with Gasteiger partial charge in [-0.2, -0.15) is 5.10 Å². The average Bonchev–Trinajstić information content (AvgIpc) is 2.60. The fourth-order valence-electron chi connectivity index (χ4n) is 2.06. The molecule has 132 valence electrons. The highest BCUT2D eigenvalue weighted by atomic mass is 79.9. The molecule has 0 aliphatic carbocycles. The van der Waals surface area contributed by atoms with Crippen molar-refractivity contribution in [1.29, 1.82) is 0 Å². The summed E-state index contributed by atoms with van der Waals surface area (Å²) in [7, 11) is 1.56. The summed E-state index contributed by atoms with van der Waals surface area (Å²) in [5, 5.41) is 15.1. The summed E-state index contributed by atoms with van der Waals surface area (Å²) in [6.45, 7) is 2.61. The number of hydrogen-bond donors (Lipinski definition) is 1. The van der Waals surface area contributed by atoms with Gasteiger partial charge in [0.1, 0.15) is 5.69 Å². The molecule has 0 unspecified atom stereocenters. The van der Waals surface area contributed by atoms with Gasteiger partial charge in [0, 0.05) is 6.07 Å². The van der Waals surface area contributed by atoms with Gasteiger partial charge < -0.3 is 9.47 Å². The van der Waals surface area contributed by atoms with Crippen molar-refractivity contribution < 1.29 is 14.4 Å². The third kappa shape index (κ3) is 4.93. The van der Waals surface area contributed by atoms with E-state index >= 15 is 0 Å². The number of ether oxygens (including phenoxy) is 2. The Balaban J connectivity index is 2.19. The third-order valence-corrected chi connectivity index (χ3v) is 3.79. The molecule has 0 fully saturated rings. The van der Waals surface area contributed by atoms with Gasteiger partial charge in [-0.25, -0.2) is 0 Å². The van der Waals surface area contributed by atoms with Crippen LogP contribution in [0.3, 0.4) is 0 Å². The number of hydrogen-bond acceptors (Lipinski definition) is 6. The molecule has 0 spiro atoms. The molecule has 25 heavy (non-hydrogen) atoms. The predicted molar refractivity (Wildman–Crippen MR) is 101 cm³/mol. The van der Waals surface area contributed by atoms with Crippen molar-refractivity contribution in [3.63, 3.8) is 0 Å². The van der Waals surface area contributed by atoms with Gasteiger partial charge in [0.15, 0.2) is 11.5 Å². The molecule has 0 amide bonds. The fraction of sp³-hybridized carbons (Fsp3) is 0.235. The minimum absolute atomic E-state index is 0.0401. The van der Waals surface area contributed by atoms with E-state index in [-0.39, 0.29) is 5.69 Å². The second kappa shape index (κ2) is 9.03. The standard InChI is InChI=1S/C17H18BrN3O4/c1-3-8-25-17-13(18)9-12(10-16(17)24-2)11-19-20-14-6-4-5-7-15(14)21(22)23/h4-7,9-11,20H,3,8H2,1-2H3/b19-11-. The normalized spacial score (nSPS) is 10.7. The average molecular weight is 408 g/mol. The summed E-state index contributed by atoms with van der Waals surface area (Å²) in [6, 6.07) is 9.91. The van der Waals surface area contributed by atoms with Gasteiger partial charge in [-0.3, -0.25) is 15.5 Å². The summed E-state index contributed by atoms with van der Waals surface area (Å²) < 4.78 is 11.8. The van der Waals surface area contributed by atoms with Crippen LogP contribution in [0.2, 0.25) is 0 Å². The molecule has 0 heterocycles. The van der Waals surface area contributed by atoms with Gasteiger partial charge in [0.05, 0.1) is 29.3 Å². The summed E-state index contributed by atoms with van der Waals surface area (Å²) in [5.41, 5.74) is 3.72. The van der Waals surface area contributed by atoms with Crippen molar-refractivity contribution in [2.24, 2.45) is 5.10 Å². The Morgan fingerprint density at radius 3 is 2.80 bits per heavy atom. The number of halogens is 1. The second-order valence-corrected chi connectivity index (χ2v) is 5.88. The number of anilines is 1. The van der Waals surface area contributed by atoms with Crippen molar-refractivity contribution in [3.05, 3.63) is 56.5 Å². The molecule has 0 saturated carbocycles. The van der Waals surface area contributed by atoms with E-state index in [2.05, 4.69) is 26.5 Å². The lowest BCUT2D eigenvalue weighted by molar-refractivity contribution is -0.384. The Labute approximate surface area is 153 Å². The number of nitro benzene ring substituents is 1. The van der Waals surface area contributed by atoms with E-state index < -0.39 is 4.92 Å². The van der Waals surface area contributed by atoms with Gasteiger partial charge in [0.2, 0.25) is 0 Å². The van der Waals surface area contributed by atoms with Crippen LogP contribution >= 0.6 is 15.9 Å². The number of nitrogens with zero attached hydrogens (tertiary/aromatic N) is 2. The van der Waals surface area contributed by atoms with Gasteiger partial charge in [-0.15, -0.1) is 0 Å². The zero-order chi connectivity index (χ0) is 18.2. The van der Waals surface area contributed by atoms with E-state index in [0.29, 0.717) is 23.8 Å². The van der Waals surface area contributed by atoms with E-state index in [1.54, 1.807) is 37.6 Å². The first-order valence-corrected chi connectivity index (χ1v) is 8.39. The minimum Gasteiger partial charge on any atom is -0.493 e. The van der Waals surface area contributed by atoms with Gasteiger partial charge >= 0.3 is 0 Å². The molecular formula is C17H18BrN3O4. The minimum atomic E-state index is -0.461. The first-order chi connectivity index (χ1) is 12.1. The summed E-state index contributed by atoms with van der Waals surface area (Å²) in [5.74, 6) is 1.21. The Morgan fingerprint density at radius 2 is 2.12 bits per heavy atom. The van der Waals surface area contributed by atoms with Crippen molar-refractivity contribution in [3.8, 4) is 11.5 Å². The summed E-state index contributed by atoms with van der Waals surface area (Å²) in [4.78, 5) is 10.5. The summed E-state index contributed by atoms with van der Waals surface area (Å²) in [6.07, 6.45) is 2.44. The number of rotatable bonds is 8. The molecule has 0 saturated heterocycles. The highest BCUT2D eigenvalue weighted by molar-refractivity contribution is 9.10. The number of hydrazone groups is 1. The lowest BCUT2D eigenvalue weighted by Gasteiger charge is -2.12. The first kappa shape index (κ1) is 18.7. The van der Waals surface area contributed by atoms with E-state index in [1.165, 1.54) is 6.07 Å². The van der Waals surface area contributed by atoms with Crippen molar-refractivity contribution in [2.75, 3.05) is 19.1 Å². The number of benzene rings is 2. The van der Waals surface area contributed by atoms with E-state index in [0.717, 1.165) is 16.5 Å². The summed E-state index contributed by atoms with van der Waals surface area (Å²) >= 11 is 3.46. The highest BCUT2D eigenvalue weighted by Gasteiger charge is 2.12. The Hall–Kier alpha value is -2.61. The zero-order valence-corrected chi connectivity index (χ0v) is 15.4. The van der Waals surface area contributed by atoms with Gasteiger partial charge in [0.25, 0.3) is 5.69 Å². The van der Waals surface area contributed by atoms with Crippen LogP contribution in [0.5, 0.6) is 11.5 Å². The first-order valence-electron chi connectivity index (χ1n) is 7.59. The SMILES string of the molecule is CCCOc1c(Br)cc(/C=N\Nc2ccccc2[N+](=O)[O-])cc1OC. The topological polar surface area (TPSA) is 86.0 Å². The molecule has 1 N–H and O–H groups in total. The molecule has 0 aromatic heterocycles. The lowest BCUT2D eigenvalue weighted by Crippen LogP contribution is -2.00.